The maximum atomic E-state index is 12.2. The summed E-state index contributed by atoms with van der Waals surface area (Å²) in [5.41, 5.74) is 4.24. The number of nitrogens with one attached hydrogen (secondary N) is 1. The second kappa shape index (κ2) is 5.26. The molecule has 0 saturated carbocycles. The number of thiazole rings is 1. The SMILES string of the molecule is O=C(Nc1ccc2ncsc2c1)c1ccccc1I. The van der Waals surface area contributed by atoms with E-state index in [9.17, 15) is 4.79 Å². The van der Waals surface area contributed by atoms with E-state index in [-0.39, 0.29) is 5.91 Å². The summed E-state index contributed by atoms with van der Waals surface area (Å²) >= 11 is 3.73. The monoisotopic (exact) mass is 380 g/mol. The van der Waals surface area contributed by atoms with Crippen LogP contribution in [0.4, 0.5) is 5.69 Å². The maximum Gasteiger partial charge on any atom is 0.256 e. The third-order valence-electron chi connectivity index (χ3n) is 2.71. The van der Waals surface area contributed by atoms with Crippen LogP contribution in [0, 0.1) is 3.57 Å². The molecule has 0 spiro atoms. The van der Waals surface area contributed by atoms with Crippen LogP contribution in [0.25, 0.3) is 10.2 Å². The van der Waals surface area contributed by atoms with Crippen LogP contribution in [-0.2, 0) is 0 Å². The summed E-state index contributed by atoms with van der Waals surface area (Å²) in [4.78, 5) is 16.4. The number of halogens is 1. The third-order valence-corrected chi connectivity index (χ3v) is 4.44. The van der Waals surface area contributed by atoms with E-state index >= 15 is 0 Å². The lowest BCUT2D eigenvalue weighted by molar-refractivity contribution is 0.102. The number of nitrogens with zero attached hydrogens (tertiary/aromatic N) is 1. The van der Waals surface area contributed by atoms with Crippen LogP contribution in [0.15, 0.2) is 48.0 Å². The summed E-state index contributed by atoms with van der Waals surface area (Å²) < 4.78 is 2.01. The van der Waals surface area contributed by atoms with Crippen LogP contribution >= 0.6 is 33.9 Å². The van der Waals surface area contributed by atoms with Gasteiger partial charge in [-0.1, -0.05) is 12.1 Å². The molecule has 1 N–H and O–H groups in total. The molecule has 0 saturated heterocycles. The Kier molecular flexibility index (Phi) is 3.48. The van der Waals surface area contributed by atoms with Crippen molar-refractivity contribution in [3.8, 4) is 0 Å². The van der Waals surface area contributed by atoms with Crippen molar-refractivity contribution >= 4 is 55.7 Å². The molecule has 94 valence electrons. The number of carbonyl (C=O) groups excluding carboxylic acids is 1. The molecule has 0 radical (unpaired) electrons. The van der Waals surface area contributed by atoms with Crippen LogP contribution in [0.5, 0.6) is 0 Å². The van der Waals surface area contributed by atoms with Gasteiger partial charge >= 0.3 is 0 Å². The highest BCUT2D eigenvalue weighted by Gasteiger charge is 2.09. The number of fused-ring (bicyclic) bond motifs is 1. The van der Waals surface area contributed by atoms with Gasteiger partial charge in [0.2, 0.25) is 0 Å². The summed E-state index contributed by atoms with van der Waals surface area (Å²) in [5, 5.41) is 2.92. The second-order valence-electron chi connectivity index (χ2n) is 3.97. The van der Waals surface area contributed by atoms with Gasteiger partial charge in [-0.3, -0.25) is 4.79 Å². The highest BCUT2D eigenvalue weighted by molar-refractivity contribution is 14.1. The number of amides is 1. The van der Waals surface area contributed by atoms with Crippen molar-refractivity contribution in [3.63, 3.8) is 0 Å². The molecule has 3 nitrogen and oxygen atoms in total. The first-order valence-electron chi connectivity index (χ1n) is 5.63. The molecule has 0 aliphatic rings. The molecule has 0 unspecified atom stereocenters. The van der Waals surface area contributed by atoms with Crippen molar-refractivity contribution in [2.24, 2.45) is 0 Å². The van der Waals surface area contributed by atoms with Crippen molar-refractivity contribution in [1.29, 1.82) is 0 Å². The van der Waals surface area contributed by atoms with Crippen molar-refractivity contribution in [1.82, 2.24) is 4.98 Å². The molecule has 0 atom stereocenters. The molecule has 0 aliphatic heterocycles. The lowest BCUT2D eigenvalue weighted by Crippen LogP contribution is -2.13. The average molecular weight is 380 g/mol. The lowest BCUT2D eigenvalue weighted by Gasteiger charge is -2.06. The summed E-state index contributed by atoms with van der Waals surface area (Å²) in [6.07, 6.45) is 0. The van der Waals surface area contributed by atoms with E-state index in [1.807, 2.05) is 42.5 Å². The number of carbonyl (C=O) groups is 1. The predicted molar refractivity (Wildman–Crippen MR) is 86.7 cm³/mol. The first-order chi connectivity index (χ1) is 9.24. The van der Waals surface area contributed by atoms with Gasteiger partial charge in [-0.15, -0.1) is 11.3 Å². The van der Waals surface area contributed by atoms with E-state index in [0.717, 1.165) is 19.5 Å². The molecule has 0 bridgehead atoms. The highest BCUT2D eigenvalue weighted by Crippen LogP contribution is 2.22. The highest BCUT2D eigenvalue weighted by atomic mass is 127. The van der Waals surface area contributed by atoms with Crippen LogP contribution in [0.2, 0.25) is 0 Å². The number of hydrogen-bond donors (Lipinski definition) is 1. The minimum absolute atomic E-state index is 0.0890. The molecule has 1 heterocycles. The number of rotatable bonds is 2. The quantitative estimate of drug-likeness (QED) is 0.679. The summed E-state index contributed by atoms with van der Waals surface area (Å²) in [6, 6.07) is 13.3. The Bertz CT molecular complexity index is 754. The Hall–Kier alpha value is -1.47. The van der Waals surface area contributed by atoms with E-state index in [1.165, 1.54) is 0 Å². The topological polar surface area (TPSA) is 42.0 Å². The molecule has 3 rings (SSSR count). The first-order valence-corrected chi connectivity index (χ1v) is 7.59. The first kappa shape index (κ1) is 12.6. The van der Waals surface area contributed by atoms with Gasteiger partial charge in [-0.05, 0) is 52.9 Å². The molecule has 19 heavy (non-hydrogen) atoms. The molecule has 0 fully saturated rings. The number of hydrogen-bond acceptors (Lipinski definition) is 3. The van der Waals surface area contributed by atoms with Crippen LogP contribution in [-0.4, -0.2) is 10.9 Å². The molecule has 1 aromatic heterocycles. The molecule has 0 aliphatic carbocycles. The number of anilines is 1. The minimum atomic E-state index is -0.0890. The van der Waals surface area contributed by atoms with Crippen molar-refractivity contribution in [3.05, 3.63) is 57.1 Å². The minimum Gasteiger partial charge on any atom is -0.322 e. The largest absolute Gasteiger partial charge is 0.322 e. The fourth-order valence-electron chi connectivity index (χ4n) is 1.78. The summed E-state index contributed by atoms with van der Waals surface area (Å²) in [5.74, 6) is -0.0890. The van der Waals surface area contributed by atoms with Gasteiger partial charge in [0.25, 0.3) is 5.91 Å². The van der Waals surface area contributed by atoms with Gasteiger partial charge in [-0.25, -0.2) is 4.98 Å². The Labute approximate surface area is 127 Å². The Morgan fingerprint density at radius 1 is 1.21 bits per heavy atom. The van der Waals surface area contributed by atoms with Crippen molar-refractivity contribution < 1.29 is 4.79 Å². The molecular formula is C14H9IN2OS. The predicted octanol–water partition coefficient (Wildman–Crippen LogP) is 4.15. The zero-order valence-electron chi connectivity index (χ0n) is 9.76. The second-order valence-corrected chi connectivity index (χ2v) is 6.02. The zero-order valence-corrected chi connectivity index (χ0v) is 12.7. The fraction of sp³-hybridized carbons (Fsp3) is 0. The van der Waals surface area contributed by atoms with Crippen LogP contribution in [0.1, 0.15) is 10.4 Å². The lowest BCUT2D eigenvalue weighted by atomic mass is 10.2. The van der Waals surface area contributed by atoms with Crippen LogP contribution in [0.3, 0.4) is 0 Å². The Balaban J connectivity index is 1.88. The Morgan fingerprint density at radius 2 is 2.05 bits per heavy atom. The van der Waals surface area contributed by atoms with Gasteiger partial charge in [0.15, 0.2) is 0 Å². The summed E-state index contributed by atoms with van der Waals surface area (Å²) in [7, 11) is 0. The van der Waals surface area contributed by atoms with Gasteiger partial charge < -0.3 is 5.32 Å². The number of aromatic nitrogens is 1. The average Bonchev–Trinajstić information content (AvgIpc) is 2.86. The smallest absolute Gasteiger partial charge is 0.256 e. The maximum absolute atomic E-state index is 12.2. The van der Waals surface area contributed by atoms with E-state index < -0.39 is 0 Å². The molecular weight excluding hydrogens is 371 g/mol. The normalized spacial score (nSPS) is 10.6. The van der Waals surface area contributed by atoms with E-state index in [2.05, 4.69) is 32.9 Å². The van der Waals surface area contributed by atoms with E-state index in [0.29, 0.717) is 5.56 Å². The van der Waals surface area contributed by atoms with E-state index in [4.69, 9.17) is 0 Å². The number of benzene rings is 2. The molecule has 2 aromatic carbocycles. The molecule has 5 heteroatoms. The van der Waals surface area contributed by atoms with Crippen molar-refractivity contribution in [2.45, 2.75) is 0 Å². The zero-order chi connectivity index (χ0) is 13.2. The Morgan fingerprint density at radius 3 is 2.89 bits per heavy atom. The van der Waals surface area contributed by atoms with E-state index in [1.54, 1.807) is 16.8 Å². The van der Waals surface area contributed by atoms with Gasteiger partial charge in [0, 0.05) is 9.26 Å². The standard InChI is InChI=1S/C14H9IN2OS/c15-11-4-2-1-3-10(11)14(18)17-9-5-6-12-13(7-9)19-8-16-12/h1-8H,(H,17,18). The van der Waals surface area contributed by atoms with Crippen LogP contribution < -0.4 is 5.32 Å². The van der Waals surface area contributed by atoms with Gasteiger partial charge in [0.1, 0.15) is 0 Å². The van der Waals surface area contributed by atoms with Crippen molar-refractivity contribution in [2.75, 3.05) is 5.32 Å². The fourth-order valence-corrected chi connectivity index (χ4v) is 3.13. The molecule has 1 amide bonds. The summed E-state index contributed by atoms with van der Waals surface area (Å²) in [6.45, 7) is 0. The van der Waals surface area contributed by atoms with Gasteiger partial charge in [0.05, 0.1) is 21.3 Å². The van der Waals surface area contributed by atoms with Gasteiger partial charge in [-0.2, -0.15) is 0 Å². The third kappa shape index (κ3) is 2.62. The molecule has 3 aromatic rings.